The summed E-state index contributed by atoms with van der Waals surface area (Å²) in [6, 6.07) is 9.24. The number of urea groups is 1. The molecule has 0 saturated carbocycles. The molecule has 3 rings (SSSR count). The molecular weight excluding hydrogens is 347 g/mol. The van der Waals surface area contributed by atoms with E-state index in [-0.39, 0.29) is 6.03 Å². The summed E-state index contributed by atoms with van der Waals surface area (Å²) in [6.07, 6.45) is 3.44. The Morgan fingerprint density at radius 3 is 2.29 bits per heavy atom. The number of aromatic nitrogens is 1. The molecule has 0 atom stereocenters. The molecule has 0 bridgehead atoms. The Labute approximate surface area is 151 Å². The second-order valence-corrected chi connectivity index (χ2v) is 6.49. The van der Waals surface area contributed by atoms with Gasteiger partial charge in [-0.25, -0.2) is 4.79 Å². The second kappa shape index (κ2) is 7.73. The number of anilines is 1. The summed E-state index contributed by atoms with van der Waals surface area (Å²) in [5.41, 5.74) is 2.02. The first kappa shape index (κ1) is 16.9. The van der Waals surface area contributed by atoms with Gasteiger partial charge in [-0.3, -0.25) is 4.98 Å². The van der Waals surface area contributed by atoms with E-state index in [1.807, 2.05) is 29.2 Å². The van der Waals surface area contributed by atoms with Gasteiger partial charge in [-0.05, 0) is 35.9 Å². The quantitative estimate of drug-likeness (QED) is 0.907. The van der Waals surface area contributed by atoms with E-state index < -0.39 is 0 Å². The molecule has 2 amide bonds. The molecule has 2 aromatic rings. The first-order valence-corrected chi connectivity index (χ1v) is 8.50. The van der Waals surface area contributed by atoms with Crippen LogP contribution in [0.2, 0.25) is 10.0 Å². The highest BCUT2D eigenvalue weighted by atomic mass is 35.5. The number of halogens is 2. The van der Waals surface area contributed by atoms with E-state index in [4.69, 9.17) is 23.2 Å². The number of carbonyl (C=O) groups is 1. The lowest BCUT2D eigenvalue weighted by molar-refractivity contribution is 0.194. The predicted molar refractivity (Wildman–Crippen MR) is 96.7 cm³/mol. The van der Waals surface area contributed by atoms with E-state index in [0.717, 1.165) is 24.3 Å². The van der Waals surface area contributed by atoms with Gasteiger partial charge in [0.1, 0.15) is 0 Å². The number of pyridine rings is 1. The Balaban J connectivity index is 1.52. The van der Waals surface area contributed by atoms with Crippen molar-refractivity contribution in [1.82, 2.24) is 15.2 Å². The molecule has 1 N–H and O–H groups in total. The van der Waals surface area contributed by atoms with E-state index in [2.05, 4.69) is 15.2 Å². The van der Waals surface area contributed by atoms with Crippen molar-refractivity contribution in [3.05, 3.63) is 58.3 Å². The molecular formula is C17H18Cl2N4O. The molecule has 1 aliphatic heterocycles. The van der Waals surface area contributed by atoms with E-state index in [0.29, 0.717) is 29.7 Å². The monoisotopic (exact) mass is 364 g/mol. The van der Waals surface area contributed by atoms with Crippen LogP contribution >= 0.6 is 23.2 Å². The largest absolute Gasteiger partial charge is 0.368 e. The molecule has 1 saturated heterocycles. The lowest BCUT2D eigenvalue weighted by Crippen LogP contribution is -2.51. The number of hydrogen-bond acceptors (Lipinski definition) is 3. The van der Waals surface area contributed by atoms with Gasteiger partial charge in [0.2, 0.25) is 0 Å². The molecule has 24 heavy (non-hydrogen) atoms. The molecule has 1 aromatic carbocycles. The van der Waals surface area contributed by atoms with Crippen molar-refractivity contribution in [2.24, 2.45) is 0 Å². The number of hydrogen-bond donors (Lipinski definition) is 1. The van der Waals surface area contributed by atoms with Crippen LogP contribution in [-0.2, 0) is 6.54 Å². The van der Waals surface area contributed by atoms with Crippen molar-refractivity contribution < 1.29 is 4.79 Å². The Hall–Kier alpha value is -1.98. The van der Waals surface area contributed by atoms with Crippen molar-refractivity contribution in [3.63, 3.8) is 0 Å². The molecule has 5 nitrogen and oxygen atoms in total. The molecule has 7 heteroatoms. The summed E-state index contributed by atoms with van der Waals surface area (Å²) in [5.74, 6) is 0. The standard InChI is InChI=1S/C17H18Cl2N4O/c18-14-9-15(19)11-16(10-14)22-5-7-23(8-6-22)17(24)21-12-13-1-3-20-4-2-13/h1-4,9-11H,5-8,12H2,(H,21,24). The van der Waals surface area contributed by atoms with Gasteiger partial charge in [0.15, 0.2) is 0 Å². The zero-order valence-electron chi connectivity index (χ0n) is 13.1. The van der Waals surface area contributed by atoms with Gasteiger partial charge in [-0.2, -0.15) is 0 Å². The Morgan fingerprint density at radius 1 is 1.04 bits per heavy atom. The van der Waals surface area contributed by atoms with Crippen LogP contribution in [0, 0.1) is 0 Å². The molecule has 0 radical (unpaired) electrons. The first-order valence-electron chi connectivity index (χ1n) is 7.74. The molecule has 2 heterocycles. The van der Waals surface area contributed by atoms with Crippen molar-refractivity contribution in [1.29, 1.82) is 0 Å². The Morgan fingerprint density at radius 2 is 1.67 bits per heavy atom. The lowest BCUT2D eigenvalue weighted by atomic mass is 10.2. The maximum atomic E-state index is 12.3. The van der Waals surface area contributed by atoms with E-state index in [1.54, 1.807) is 18.5 Å². The van der Waals surface area contributed by atoms with Gasteiger partial charge in [-0.1, -0.05) is 23.2 Å². The van der Waals surface area contributed by atoms with Crippen molar-refractivity contribution in [2.75, 3.05) is 31.1 Å². The summed E-state index contributed by atoms with van der Waals surface area (Å²) < 4.78 is 0. The highest BCUT2D eigenvalue weighted by Crippen LogP contribution is 2.26. The normalized spacial score (nSPS) is 14.6. The fourth-order valence-electron chi connectivity index (χ4n) is 2.68. The number of amides is 2. The Bertz CT molecular complexity index is 683. The van der Waals surface area contributed by atoms with E-state index in [9.17, 15) is 4.79 Å². The molecule has 126 valence electrons. The fraction of sp³-hybridized carbons (Fsp3) is 0.294. The number of benzene rings is 1. The number of rotatable bonds is 3. The topological polar surface area (TPSA) is 48.5 Å². The van der Waals surface area contributed by atoms with Crippen LogP contribution in [-0.4, -0.2) is 42.1 Å². The van der Waals surface area contributed by atoms with Crippen LogP contribution in [0.4, 0.5) is 10.5 Å². The van der Waals surface area contributed by atoms with Crippen LogP contribution < -0.4 is 10.2 Å². The third-order valence-corrected chi connectivity index (χ3v) is 4.41. The van der Waals surface area contributed by atoms with Gasteiger partial charge in [-0.15, -0.1) is 0 Å². The highest BCUT2D eigenvalue weighted by molar-refractivity contribution is 6.35. The van der Waals surface area contributed by atoms with Gasteiger partial charge < -0.3 is 15.1 Å². The SMILES string of the molecule is O=C(NCc1ccncc1)N1CCN(c2cc(Cl)cc(Cl)c2)CC1. The van der Waals surface area contributed by atoms with Gasteiger partial charge in [0, 0.05) is 60.9 Å². The average Bonchev–Trinajstić information content (AvgIpc) is 2.60. The van der Waals surface area contributed by atoms with Gasteiger partial charge in [0.25, 0.3) is 0 Å². The van der Waals surface area contributed by atoms with Crippen LogP contribution in [0.25, 0.3) is 0 Å². The average molecular weight is 365 g/mol. The van der Waals surface area contributed by atoms with Crippen LogP contribution in [0.1, 0.15) is 5.56 Å². The molecule has 0 unspecified atom stereocenters. The predicted octanol–water partition coefficient (Wildman–Crippen LogP) is 3.42. The maximum absolute atomic E-state index is 12.3. The highest BCUT2D eigenvalue weighted by Gasteiger charge is 2.21. The van der Waals surface area contributed by atoms with Crippen LogP contribution in [0.3, 0.4) is 0 Å². The summed E-state index contributed by atoms with van der Waals surface area (Å²) in [6.45, 7) is 3.32. The third-order valence-electron chi connectivity index (χ3n) is 3.97. The maximum Gasteiger partial charge on any atom is 0.317 e. The first-order chi connectivity index (χ1) is 11.6. The number of nitrogens with one attached hydrogen (secondary N) is 1. The summed E-state index contributed by atoms with van der Waals surface area (Å²) in [7, 11) is 0. The number of nitrogens with zero attached hydrogens (tertiary/aromatic N) is 3. The smallest absolute Gasteiger partial charge is 0.317 e. The van der Waals surface area contributed by atoms with Gasteiger partial charge >= 0.3 is 6.03 Å². The zero-order chi connectivity index (χ0) is 16.9. The lowest BCUT2D eigenvalue weighted by Gasteiger charge is -2.36. The minimum absolute atomic E-state index is 0.0458. The molecule has 1 fully saturated rings. The Kier molecular flexibility index (Phi) is 5.43. The summed E-state index contributed by atoms with van der Waals surface area (Å²) >= 11 is 12.1. The molecule has 0 spiro atoms. The number of piperazine rings is 1. The third kappa shape index (κ3) is 4.30. The van der Waals surface area contributed by atoms with Crippen LogP contribution in [0.5, 0.6) is 0 Å². The molecule has 1 aliphatic rings. The van der Waals surface area contributed by atoms with Crippen molar-refractivity contribution in [2.45, 2.75) is 6.54 Å². The van der Waals surface area contributed by atoms with Crippen LogP contribution in [0.15, 0.2) is 42.7 Å². The summed E-state index contributed by atoms with van der Waals surface area (Å²) in [4.78, 5) is 20.2. The molecule has 1 aromatic heterocycles. The minimum atomic E-state index is -0.0458. The van der Waals surface area contributed by atoms with Gasteiger partial charge in [0.05, 0.1) is 0 Å². The second-order valence-electron chi connectivity index (χ2n) is 5.62. The zero-order valence-corrected chi connectivity index (χ0v) is 14.6. The number of carbonyl (C=O) groups excluding carboxylic acids is 1. The van der Waals surface area contributed by atoms with Crippen molar-refractivity contribution in [3.8, 4) is 0 Å². The van der Waals surface area contributed by atoms with E-state index in [1.165, 1.54) is 0 Å². The molecule has 0 aliphatic carbocycles. The summed E-state index contributed by atoms with van der Waals surface area (Å²) in [5, 5.41) is 4.18. The van der Waals surface area contributed by atoms with E-state index >= 15 is 0 Å². The minimum Gasteiger partial charge on any atom is -0.368 e. The fourth-order valence-corrected chi connectivity index (χ4v) is 3.19. The van der Waals surface area contributed by atoms with Crippen molar-refractivity contribution >= 4 is 34.9 Å².